The molecular weight excluding hydrogens is 284 g/mol. The smallest absolute Gasteiger partial charge is 0.373 e. The molecule has 3 rings (SSSR count). The molecule has 2 N–H and O–H groups in total. The van der Waals surface area contributed by atoms with Crippen LogP contribution in [-0.2, 0) is 17.7 Å². The Kier molecular flexibility index (Phi) is 3.58. The van der Waals surface area contributed by atoms with E-state index in [9.17, 15) is 9.59 Å². The van der Waals surface area contributed by atoms with Crippen LogP contribution in [0, 0.1) is 0 Å². The molecule has 1 amide bonds. The second-order valence-electron chi connectivity index (χ2n) is 5.15. The minimum Gasteiger partial charge on any atom is -0.463 e. The van der Waals surface area contributed by atoms with Crippen molar-refractivity contribution in [2.45, 2.75) is 13.0 Å². The van der Waals surface area contributed by atoms with Crippen molar-refractivity contribution in [3.63, 3.8) is 0 Å². The zero-order chi connectivity index (χ0) is 15.7. The fraction of sp³-hybridized carbons (Fsp3) is 0.250. The molecule has 0 spiro atoms. The molecule has 0 unspecified atom stereocenters. The largest absolute Gasteiger partial charge is 0.463 e. The average molecular weight is 300 g/mol. The Balaban J connectivity index is 1.78. The van der Waals surface area contributed by atoms with E-state index in [1.54, 1.807) is 29.2 Å². The summed E-state index contributed by atoms with van der Waals surface area (Å²) in [7, 11) is 1.29. The average Bonchev–Trinajstić information content (AvgIpc) is 2.98. The summed E-state index contributed by atoms with van der Waals surface area (Å²) in [4.78, 5) is 25.6. The molecule has 1 aliphatic rings. The number of esters is 1. The van der Waals surface area contributed by atoms with Crippen LogP contribution in [-0.4, -0.2) is 30.4 Å². The van der Waals surface area contributed by atoms with Crippen LogP contribution in [0.2, 0.25) is 0 Å². The lowest BCUT2D eigenvalue weighted by Crippen LogP contribution is -2.37. The number of carbonyl (C=O) groups excluding carboxylic acids is 2. The topological polar surface area (TPSA) is 85.8 Å². The molecule has 6 heteroatoms. The molecule has 0 saturated carbocycles. The van der Waals surface area contributed by atoms with Crippen molar-refractivity contribution in [1.29, 1.82) is 0 Å². The highest BCUT2D eigenvalue weighted by Gasteiger charge is 2.25. The van der Waals surface area contributed by atoms with Crippen LogP contribution in [0.25, 0.3) is 0 Å². The van der Waals surface area contributed by atoms with Crippen LogP contribution in [0.4, 0.5) is 5.69 Å². The van der Waals surface area contributed by atoms with E-state index in [0.717, 1.165) is 12.0 Å². The number of nitrogens with zero attached hydrogens (tertiary/aromatic N) is 1. The predicted octanol–water partition coefficient (Wildman–Crippen LogP) is 1.85. The van der Waals surface area contributed by atoms with Crippen molar-refractivity contribution in [3.05, 3.63) is 53.0 Å². The third-order valence-corrected chi connectivity index (χ3v) is 3.70. The lowest BCUT2D eigenvalue weighted by molar-refractivity contribution is 0.0560. The van der Waals surface area contributed by atoms with Crippen molar-refractivity contribution in [2.24, 2.45) is 0 Å². The van der Waals surface area contributed by atoms with Gasteiger partial charge in [-0.05, 0) is 36.2 Å². The molecule has 0 radical (unpaired) electrons. The Morgan fingerprint density at radius 2 is 2.18 bits per heavy atom. The molecule has 1 aromatic carbocycles. The first-order valence-corrected chi connectivity index (χ1v) is 6.93. The standard InChI is InChI=1S/C16H16N2O4/c1-21-16(20)14-5-4-12(22-14)9-18-7-6-10-2-3-11(17)8-13(10)15(18)19/h2-5,8H,6-7,9,17H2,1H3. The molecule has 114 valence electrons. The number of furan rings is 1. The van der Waals surface area contributed by atoms with E-state index in [1.807, 2.05) is 6.07 Å². The van der Waals surface area contributed by atoms with Crippen molar-refractivity contribution in [3.8, 4) is 0 Å². The van der Waals surface area contributed by atoms with Crippen LogP contribution in [0.3, 0.4) is 0 Å². The Labute approximate surface area is 127 Å². The molecule has 0 atom stereocenters. The van der Waals surface area contributed by atoms with Crippen molar-refractivity contribution < 1.29 is 18.7 Å². The van der Waals surface area contributed by atoms with Gasteiger partial charge in [0.25, 0.3) is 5.91 Å². The number of ether oxygens (including phenoxy) is 1. The SMILES string of the molecule is COC(=O)c1ccc(CN2CCc3ccc(N)cc3C2=O)o1. The van der Waals surface area contributed by atoms with Crippen molar-refractivity contribution in [2.75, 3.05) is 19.4 Å². The molecule has 0 aliphatic carbocycles. The summed E-state index contributed by atoms with van der Waals surface area (Å²) in [5.41, 5.74) is 7.96. The molecule has 1 aromatic heterocycles. The number of amides is 1. The number of benzene rings is 1. The van der Waals surface area contributed by atoms with Gasteiger partial charge in [0.05, 0.1) is 13.7 Å². The molecule has 2 aromatic rings. The maximum atomic E-state index is 12.5. The Morgan fingerprint density at radius 3 is 2.95 bits per heavy atom. The number of rotatable bonds is 3. The van der Waals surface area contributed by atoms with Crippen molar-refractivity contribution >= 4 is 17.6 Å². The van der Waals surface area contributed by atoms with Gasteiger partial charge >= 0.3 is 5.97 Å². The Morgan fingerprint density at radius 1 is 1.36 bits per heavy atom. The maximum Gasteiger partial charge on any atom is 0.373 e. The van der Waals surface area contributed by atoms with Crippen LogP contribution in [0.1, 0.15) is 32.2 Å². The van der Waals surface area contributed by atoms with Gasteiger partial charge in [0.15, 0.2) is 0 Å². The van der Waals surface area contributed by atoms with Crippen LogP contribution in [0.5, 0.6) is 0 Å². The summed E-state index contributed by atoms with van der Waals surface area (Å²) in [6.45, 7) is 0.911. The van der Waals surface area contributed by atoms with Crippen molar-refractivity contribution in [1.82, 2.24) is 4.90 Å². The Bertz CT molecular complexity index is 735. The van der Waals surface area contributed by atoms with Crippen LogP contribution >= 0.6 is 0 Å². The molecule has 6 nitrogen and oxygen atoms in total. The zero-order valence-electron chi connectivity index (χ0n) is 12.2. The number of hydrogen-bond donors (Lipinski definition) is 1. The number of methoxy groups -OCH3 is 1. The normalized spacial score (nSPS) is 13.9. The number of anilines is 1. The summed E-state index contributed by atoms with van der Waals surface area (Å²) >= 11 is 0. The molecule has 2 heterocycles. The highest BCUT2D eigenvalue weighted by molar-refractivity contribution is 5.97. The Hall–Kier alpha value is -2.76. The molecule has 22 heavy (non-hydrogen) atoms. The zero-order valence-corrected chi connectivity index (χ0v) is 12.2. The summed E-state index contributed by atoms with van der Waals surface area (Å²) in [5.74, 6) is 0.0617. The number of carbonyl (C=O) groups is 2. The van der Waals surface area contributed by atoms with Gasteiger partial charge in [0.1, 0.15) is 5.76 Å². The van der Waals surface area contributed by atoms with E-state index in [4.69, 9.17) is 10.2 Å². The van der Waals surface area contributed by atoms with E-state index < -0.39 is 5.97 Å². The lowest BCUT2D eigenvalue weighted by atomic mass is 9.98. The first-order chi connectivity index (χ1) is 10.6. The second kappa shape index (κ2) is 5.55. The van der Waals surface area contributed by atoms with Gasteiger partial charge in [0.2, 0.25) is 5.76 Å². The fourth-order valence-electron chi connectivity index (χ4n) is 2.55. The maximum absolute atomic E-state index is 12.5. The predicted molar refractivity (Wildman–Crippen MR) is 79.3 cm³/mol. The first kappa shape index (κ1) is 14.2. The molecule has 0 saturated heterocycles. The monoisotopic (exact) mass is 300 g/mol. The molecular formula is C16H16N2O4. The minimum absolute atomic E-state index is 0.0791. The van der Waals surface area contributed by atoms with Gasteiger partial charge in [-0.15, -0.1) is 0 Å². The summed E-state index contributed by atoms with van der Waals surface area (Å²) in [6.07, 6.45) is 0.770. The lowest BCUT2D eigenvalue weighted by Gasteiger charge is -2.28. The number of nitrogen functional groups attached to an aromatic ring is 1. The van der Waals surface area contributed by atoms with E-state index in [1.165, 1.54) is 7.11 Å². The van der Waals surface area contributed by atoms with Crippen LogP contribution < -0.4 is 5.73 Å². The van der Waals surface area contributed by atoms with Gasteiger partial charge < -0.3 is 19.8 Å². The third kappa shape index (κ3) is 2.55. The van der Waals surface area contributed by atoms with Gasteiger partial charge in [0, 0.05) is 17.8 Å². The number of nitrogens with two attached hydrogens (primary N) is 1. The highest BCUT2D eigenvalue weighted by Crippen LogP contribution is 2.23. The van der Waals surface area contributed by atoms with E-state index in [2.05, 4.69) is 4.74 Å². The van der Waals surface area contributed by atoms with Crippen LogP contribution in [0.15, 0.2) is 34.7 Å². The van der Waals surface area contributed by atoms with E-state index >= 15 is 0 Å². The minimum atomic E-state index is -0.533. The number of fused-ring (bicyclic) bond motifs is 1. The van der Waals surface area contributed by atoms with Gasteiger partial charge in [-0.3, -0.25) is 4.79 Å². The van der Waals surface area contributed by atoms with Gasteiger partial charge in [-0.25, -0.2) is 4.79 Å². The number of hydrogen-bond acceptors (Lipinski definition) is 5. The quantitative estimate of drug-likeness (QED) is 0.690. The fourth-order valence-corrected chi connectivity index (χ4v) is 2.55. The first-order valence-electron chi connectivity index (χ1n) is 6.93. The molecule has 0 bridgehead atoms. The summed E-state index contributed by atoms with van der Waals surface area (Å²) < 4.78 is 10.00. The molecule has 1 aliphatic heterocycles. The van der Waals surface area contributed by atoms with E-state index in [-0.39, 0.29) is 11.7 Å². The second-order valence-corrected chi connectivity index (χ2v) is 5.15. The summed E-state index contributed by atoms with van der Waals surface area (Å²) in [6, 6.07) is 8.61. The highest BCUT2D eigenvalue weighted by atomic mass is 16.5. The van der Waals surface area contributed by atoms with Gasteiger partial charge in [-0.2, -0.15) is 0 Å². The van der Waals surface area contributed by atoms with Gasteiger partial charge in [-0.1, -0.05) is 6.07 Å². The van der Waals surface area contributed by atoms with E-state index in [0.29, 0.717) is 30.1 Å². The molecule has 0 fully saturated rings. The third-order valence-electron chi connectivity index (χ3n) is 3.70. The summed E-state index contributed by atoms with van der Waals surface area (Å²) in [5, 5.41) is 0.